The Morgan fingerprint density at radius 1 is 1.50 bits per heavy atom. The van der Waals surface area contributed by atoms with Crippen LogP contribution in [0.25, 0.3) is 0 Å². The molecule has 0 aromatic carbocycles. The van der Waals surface area contributed by atoms with Gasteiger partial charge in [0.25, 0.3) is 0 Å². The highest BCUT2D eigenvalue weighted by molar-refractivity contribution is 5.77. The topological polar surface area (TPSA) is 37.3 Å². The van der Waals surface area contributed by atoms with Crippen LogP contribution in [0.5, 0.6) is 0 Å². The van der Waals surface area contributed by atoms with E-state index >= 15 is 0 Å². The van der Waals surface area contributed by atoms with Crippen LogP contribution in [0, 0.1) is 11.3 Å². The third-order valence-electron chi connectivity index (χ3n) is 3.15. The maximum Gasteiger partial charge on any atom is 0.310 e. The van der Waals surface area contributed by atoms with E-state index in [1.54, 1.807) is 0 Å². The van der Waals surface area contributed by atoms with E-state index in [1.807, 2.05) is 0 Å². The summed E-state index contributed by atoms with van der Waals surface area (Å²) in [5.74, 6) is -0.529. The van der Waals surface area contributed by atoms with Crippen molar-refractivity contribution in [2.24, 2.45) is 11.3 Å². The van der Waals surface area contributed by atoms with Gasteiger partial charge in [-0.25, -0.2) is 4.39 Å². The molecule has 2 nitrogen and oxygen atoms in total. The predicted octanol–water partition coefficient (Wildman–Crippen LogP) is 1.99. The van der Waals surface area contributed by atoms with Gasteiger partial charge < -0.3 is 5.11 Å². The quantitative estimate of drug-likeness (QED) is 0.691. The molecule has 2 aliphatic rings. The monoisotopic (exact) mass is 172 g/mol. The molecule has 2 rings (SSSR count). The zero-order valence-electron chi connectivity index (χ0n) is 7.14. The van der Waals surface area contributed by atoms with Gasteiger partial charge in [0, 0.05) is 0 Å². The molecule has 0 unspecified atom stereocenters. The van der Waals surface area contributed by atoms with E-state index in [0.29, 0.717) is 0 Å². The number of carbonyl (C=O) groups is 1. The first-order chi connectivity index (χ1) is 5.46. The standard InChI is InChI=1S/C9H13FO2/c1-8(10)4-9(5-8,7(11)12)6-2-3-6/h6H,2-5H2,1H3,(H,11,12). The van der Waals surface area contributed by atoms with Gasteiger partial charge in [0.2, 0.25) is 0 Å². The van der Waals surface area contributed by atoms with Crippen molar-refractivity contribution in [2.75, 3.05) is 0 Å². The number of rotatable bonds is 2. The zero-order valence-corrected chi connectivity index (χ0v) is 7.14. The summed E-state index contributed by atoms with van der Waals surface area (Å²) in [6.07, 6.45) is 2.39. The number of carboxylic acids is 1. The molecule has 0 radical (unpaired) electrons. The van der Waals surface area contributed by atoms with Crippen molar-refractivity contribution in [3.63, 3.8) is 0 Å². The number of carboxylic acid groups (broad SMARTS) is 1. The van der Waals surface area contributed by atoms with Crippen LogP contribution in [0.15, 0.2) is 0 Å². The lowest BCUT2D eigenvalue weighted by atomic mass is 9.58. The van der Waals surface area contributed by atoms with Crippen LogP contribution in [0.3, 0.4) is 0 Å². The first kappa shape index (κ1) is 8.02. The third kappa shape index (κ3) is 0.952. The van der Waals surface area contributed by atoms with Gasteiger partial charge in [-0.1, -0.05) is 0 Å². The van der Waals surface area contributed by atoms with Gasteiger partial charge in [-0.05, 0) is 38.5 Å². The molecule has 0 spiro atoms. The summed E-state index contributed by atoms with van der Waals surface area (Å²) in [6.45, 7) is 1.50. The molecule has 0 heterocycles. The molecule has 3 heteroatoms. The molecule has 2 saturated carbocycles. The highest BCUT2D eigenvalue weighted by atomic mass is 19.1. The van der Waals surface area contributed by atoms with Gasteiger partial charge in [-0.2, -0.15) is 0 Å². The Labute approximate surface area is 70.8 Å². The number of halogens is 1. The molecule has 0 aromatic rings. The molecule has 68 valence electrons. The van der Waals surface area contributed by atoms with E-state index in [4.69, 9.17) is 5.11 Å². The van der Waals surface area contributed by atoms with Gasteiger partial charge in [0.05, 0.1) is 5.41 Å². The first-order valence-electron chi connectivity index (χ1n) is 4.39. The maximum absolute atomic E-state index is 13.2. The lowest BCUT2D eigenvalue weighted by Crippen LogP contribution is -2.53. The Hall–Kier alpha value is -0.600. The van der Waals surface area contributed by atoms with Gasteiger partial charge in [0.1, 0.15) is 5.67 Å². The fraction of sp³-hybridized carbons (Fsp3) is 0.889. The van der Waals surface area contributed by atoms with Crippen LogP contribution < -0.4 is 0 Å². The molecule has 0 saturated heterocycles. The van der Waals surface area contributed by atoms with Gasteiger partial charge >= 0.3 is 5.97 Å². The average Bonchev–Trinajstić information content (AvgIpc) is 2.61. The highest BCUT2D eigenvalue weighted by Gasteiger charge is 2.63. The number of hydrogen-bond acceptors (Lipinski definition) is 1. The van der Waals surface area contributed by atoms with Crippen LogP contribution in [-0.2, 0) is 4.79 Å². The minimum absolute atomic E-state index is 0.222. The van der Waals surface area contributed by atoms with Crippen molar-refractivity contribution in [1.29, 1.82) is 0 Å². The largest absolute Gasteiger partial charge is 0.481 e. The lowest BCUT2D eigenvalue weighted by Gasteiger charge is -2.47. The Kier molecular flexibility index (Phi) is 1.34. The summed E-state index contributed by atoms with van der Waals surface area (Å²) in [6, 6.07) is 0. The Bertz CT molecular complexity index is 223. The molecule has 0 amide bonds. The van der Waals surface area contributed by atoms with E-state index in [1.165, 1.54) is 6.92 Å². The van der Waals surface area contributed by atoms with Gasteiger partial charge in [0.15, 0.2) is 0 Å². The van der Waals surface area contributed by atoms with Gasteiger partial charge in [-0.15, -0.1) is 0 Å². The molecule has 0 bridgehead atoms. The van der Waals surface area contributed by atoms with Crippen LogP contribution in [-0.4, -0.2) is 16.7 Å². The van der Waals surface area contributed by atoms with Gasteiger partial charge in [-0.3, -0.25) is 4.79 Å². The Morgan fingerprint density at radius 3 is 2.25 bits per heavy atom. The third-order valence-corrected chi connectivity index (χ3v) is 3.15. The fourth-order valence-electron chi connectivity index (χ4n) is 2.51. The summed E-state index contributed by atoms with van der Waals surface area (Å²) in [4.78, 5) is 10.9. The molecule has 0 aliphatic heterocycles. The van der Waals surface area contributed by atoms with Crippen LogP contribution in [0.1, 0.15) is 32.6 Å². The van der Waals surface area contributed by atoms with E-state index in [0.717, 1.165) is 12.8 Å². The number of hydrogen-bond donors (Lipinski definition) is 1. The summed E-state index contributed by atoms with van der Waals surface area (Å²) in [5.41, 5.74) is -1.91. The zero-order chi connectivity index (χ0) is 8.98. The maximum atomic E-state index is 13.2. The molecule has 0 atom stereocenters. The molecule has 1 N–H and O–H groups in total. The highest BCUT2D eigenvalue weighted by Crippen LogP contribution is 2.62. The summed E-state index contributed by atoms with van der Waals surface area (Å²) < 4.78 is 13.2. The molecular formula is C9H13FO2. The summed E-state index contributed by atoms with van der Waals surface area (Å²) in [5, 5.41) is 8.96. The van der Waals surface area contributed by atoms with Crippen molar-refractivity contribution in [3.8, 4) is 0 Å². The SMILES string of the molecule is CC1(F)CC(C(=O)O)(C2CC2)C1. The molecule has 2 fully saturated rings. The smallest absolute Gasteiger partial charge is 0.310 e. The van der Waals surface area contributed by atoms with E-state index in [9.17, 15) is 9.18 Å². The molecular weight excluding hydrogens is 159 g/mol. The fourth-order valence-corrected chi connectivity index (χ4v) is 2.51. The molecule has 0 aromatic heterocycles. The van der Waals surface area contributed by atoms with Crippen molar-refractivity contribution >= 4 is 5.97 Å². The summed E-state index contributed by atoms with van der Waals surface area (Å²) in [7, 11) is 0. The second-order valence-electron chi connectivity index (χ2n) is 4.50. The Morgan fingerprint density at radius 2 is 2.00 bits per heavy atom. The first-order valence-corrected chi connectivity index (χ1v) is 4.39. The van der Waals surface area contributed by atoms with Crippen LogP contribution in [0.4, 0.5) is 4.39 Å². The molecule has 12 heavy (non-hydrogen) atoms. The lowest BCUT2D eigenvalue weighted by molar-refractivity contribution is -0.170. The number of alkyl halides is 1. The van der Waals surface area contributed by atoms with E-state index in [2.05, 4.69) is 0 Å². The molecule has 2 aliphatic carbocycles. The average molecular weight is 172 g/mol. The van der Waals surface area contributed by atoms with E-state index in [-0.39, 0.29) is 18.8 Å². The second kappa shape index (κ2) is 2.01. The minimum atomic E-state index is -1.22. The van der Waals surface area contributed by atoms with Crippen molar-refractivity contribution in [3.05, 3.63) is 0 Å². The van der Waals surface area contributed by atoms with E-state index < -0.39 is 17.1 Å². The van der Waals surface area contributed by atoms with Crippen molar-refractivity contribution in [2.45, 2.75) is 38.3 Å². The minimum Gasteiger partial charge on any atom is -0.481 e. The van der Waals surface area contributed by atoms with Crippen LogP contribution in [0.2, 0.25) is 0 Å². The summed E-state index contributed by atoms with van der Waals surface area (Å²) >= 11 is 0. The van der Waals surface area contributed by atoms with Crippen LogP contribution >= 0.6 is 0 Å². The number of aliphatic carboxylic acids is 1. The predicted molar refractivity (Wildman–Crippen MR) is 41.5 cm³/mol. The Balaban J connectivity index is 2.12. The van der Waals surface area contributed by atoms with Crippen molar-refractivity contribution < 1.29 is 14.3 Å². The van der Waals surface area contributed by atoms with Crippen molar-refractivity contribution in [1.82, 2.24) is 0 Å². The second-order valence-corrected chi connectivity index (χ2v) is 4.50. The normalized spacial score (nSPS) is 46.8.